The topological polar surface area (TPSA) is 235 Å². The van der Waals surface area contributed by atoms with E-state index in [1.807, 2.05) is 0 Å². The maximum absolute atomic E-state index is 8.25. The molecule has 0 radical (unpaired) electrons. The van der Waals surface area contributed by atoms with Gasteiger partial charge in [0, 0.05) is 17.1 Å². The molecule has 0 rings (SSSR count). The van der Waals surface area contributed by atoms with Crippen molar-refractivity contribution in [2.75, 3.05) is 0 Å². The zero-order valence-electron chi connectivity index (χ0n) is 6.37. The molecule has 0 heterocycles. The molecule has 0 aliphatic rings. The average molecular weight is 260 g/mol. The number of hydrogen-bond donors (Lipinski definition) is 1. The van der Waals surface area contributed by atoms with Crippen molar-refractivity contribution in [3.63, 3.8) is 0 Å². The Labute approximate surface area is 85.3 Å². The second-order valence-electron chi connectivity index (χ2n) is 0.671. The monoisotopic (exact) mass is 260 g/mol. The first-order valence-corrected chi connectivity index (χ1v) is 1.64. The van der Waals surface area contributed by atoms with Crippen LogP contribution in [0.4, 0.5) is 0 Å². The van der Waals surface area contributed by atoms with E-state index in [0.717, 1.165) is 0 Å². The standard InChI is InChI=1S/Fe.3NO3.H3N/c;3*2-1(3)4;/h;;;;1H3/q;3*-1;/p+1. The average Bonchev–Trinajstić information content (AvgIpc) is 1.54. The van der Waals surface area contributed by atoms with Gasteiger partial charge in [0.1, 0.15) is 0 Å². The zero-order valence-corrected chi connectivity index (χ0v) is 7.47. The van der Waals surface area contributed by atoms with Gasteiger partial charge in [-0.05, 0) is 0 Å². The van der Waals surface area contributed by atoms with Crippen molar-refractivity contribution in [1.29, 1.82) is 0 Å². The number of hydrogen-bond acceptors (Lipinski definition) is 9. The molecule has 0 unspecified atom stereocenters. The molecule has 14 heavy (non-hydrogen) atoms. The van der Waals surface area contributed by atoms with Crippen LogP contribution in [0, 0.1) is 46.0 Å². The smallest absolute Gasteiger partial charge is 0.0689 e. The van der Waals surface area contributed by atoms with Crippen LogP contribution in [0.5, 0.6) is 0 Å². The van der Waals surface area contributed by atoms with Gasteiger partial charge in [0.05, 0.1) is 15.3 Å². The molecule has 0 saturated heterocycles. The summed E-state index contributed by atoms with van der Waals surface area (Å²) in [6.07, 6.45) is 0. The molecule has 0 fully saturated rings. The summed E-state index contributed by atoms with van der Waals surface area (Å²) >= 11 is 0. The maximum Gasteiger partial charge on any atom is 0.0689 e. The fraction of sp³-hybridized carbons (Fsp3) is 0. The summed E-state index contributed by atoms with van der Waals surface area (Å²) < 4.78 is 0. The fourth-order valence-electron chi connectivity index (χ4n) is 0. The molecule has 13 nitrogen and oxygen atoms in total. The van der Waals surface area contributed by atoms with Gasteiger partial charge in [0.25, 0.3) is 0 Å². The predicted molar refractivity (Wildman–Crippen MR) is 37.1 cm³/mol. The van der Waals surface area contributed by atoms with Gasteiger partial charge in [-0.3, -0.25) is 0 Å². The third kappa shape index (κ3) is 225. The van der Waals surface area contributed by atoms with Gasteiger partial charge in [0.2, 0.25) is 0 Å². The van der Waals surface area contributed by atoms with E-state index in [4.69, 9.17) is 46.0 Å². The Kier molecular flexibility index (Phi) is 47.5. The van der Waals surface area contributed by atoms with Crippen molar-refractivity contribution in [2.45, 2.75) is 0 Å². The third-order valence-corrected chi connectivity index (χ3v) is 0. The second-order valence-corrected chi connectivity index (χ2v) is 0.671. The van der Waals surface area contributed by atoms with Gasteiger partial charge in [-0.1, -0.05) is 0 Å². The summed E-state index contributed by atoms with van der Waals surface area (Å²) in [6, 6.07) is 0. The predicted octanol–water partition coefficient (Wildman–Crippen LogP) is -0.344. The van der Waals surface area contributed by atoms with E-state index in [2.05, 4.69) is 0 Å². The molecule has 0 bridgehead atoms. The van der Waals surface area contributed by atoms with E-state index >= 15 is 0 Å². The van der Waals surface area contributed by atoms with Crippen LogP contribution in [0.25, 0.3) is 0 Å². The van der Waals surface area contributed by atoms with Crippen LogP contribution in [-0.2, 0) is 17.1 Å². The molecule has 0 spiro atoms. The van der Waals surface area contributed by atoms with Crippen molar-refractivity contribution in [3.8, 4) is 0 Å². The molecular weight excluding hydrogens is 256 g/mol. The van der Waals surface area contributed by atoms with Crippen molar-refractivity contribution in [1.82, 2.24) is 6.15 Å². The van der Waals surface area contributed by atoms with Gasteiger partial charge < -0.3 is 52.1 Å². The molecule has 88 valence electrons. The molecule has 0 aliphatic carbocycles. The van der Waals surface area contributed by atoms with Crippen LogP contribution in [0.1, 0.15) is 0 Å². The summed E-state index contributed by atoms with van der Waals surface area (Å²) in [4.78, 5) is 24.8. The first-order chi connectivity index (χ1) is 5.20. The van der Waals surface area contributed by atoms with Gasteiger partial charge in [-0.15, -0.1) is 0 Å². The Morgan fingerprint density at radius 2 is 0.571 bits per heavy atom. The summed E-state index contributed by atoms with van der Waals surface area (Å²) in [6.45, 7) is 0. The summed E-state index contributed by atoms with van der Waals surface area (Å²) in [5.41, 5.74) is 0. The Morgan fingerprint density at radius 3 is 0.571 bits per heavy atom. The molecule has 14 heteroatoms. The van der Waals surface area contributed by atoms with E-state index in [1.165, 1.54) is 0 Å². The maximum atomic E-state index is 8.25. The van der Waals surface area contributed by atoms with Crippen LogP contribution >= 0.6 is 0 Å². The molecule has 0 saturated carbocycles. The second kappa shape index (κ2) is 22.5. The molecular formula is H4FeN4O9-2. The summed E-state index contributed by atoms with van der Waals surface area (Å²) in [5, 5.41) is 44.2. The zero-order chi connectivity index (χ0) is 10.7. The number of quaternary nitrogens is 1. The minimum absolute atomic E-state index is 0. The SMILES string of the molecule is O=[N+]([O-])[O-].O=[N+]([O-])[O-].O=[N+]([O-])[O-].[Fe].[NH4+]. The Morgan fingerprint density at radius 1 is 0.571 bits per heavy atom. The molecule has 0 aromatic carbocycles. The first kappa shape index (κ1) is 29.6. The fourth-order valence-corrected chi connectivity index (χ4v) is 0. The Hall–Kier alpha value is -1.92. The Balaban J connectivity index is -0.0000000270. The molecule has 0 aliphatic heterocycles. The normalized spacial score (nSPS) is 5.14. The van der Waals surface area contributed by atoms with Crippen LogP contribution in [0.15, 0.2) is 0 Å². The minimum Gasteiger partial charge on any atom is -0.369 e. The summed E-state index contributed by atoms with van der Waals surface area (Å²) in [7, 11) is 0. The van der Waals surface area contributed by atoms with Gasteiger partial charge >= 0.3 is 0 Å². The summed E-state index contributed by atoms with van der Waals surface area (Å²) in [5.74, 6) is 0. The van der Waals surface area contributed by atoms with Crippen LogP contribution in [0.3, 0.4) is 0 Å². The van der Waals surface area contributed by atoms with E-state index in [0.29, 0.717) is 0 Å². The van der Waals surface area contributed by atoms with E-state index in [9.17, 15) is 0 Å². The third-order valence-electron chi connectivity index (χ3n) is 0. The molecule has 4 N–H and O–H groups in total. The number of rotatable bonds is 0. The molecule has 0 aromatic rings. The van der Waals surface area contributed by atoms with Crippen LogP contribution in [0.2, 0.25) is 0 Å². The van der Waals surface area contributed by atoms with Crippen LogP contribution < -0.4 is 6.15 Å². The van der Waals surface area contributed by atoms with E-state index in [-0.39, 0.29) is 23.2 Å². The van der Waals surface area contributed by atoms with Gasteiger partial charge in [-0.25, -0.2) is 0 Å². The van der Waals surface area contributed by atoms with E-state index < -0.39 is 15.3 Å². The Bertz CT molecular complexity index is 114. The first-order valence-electron chi connectivity index (χ1n) is 1.64. The molecule has 0 atom stereocenters. The van der Waals surface area contributed by atoms with Crippen molar-refractivity contribution < 1.29 is 32.3 Å². The molecule has 0 amide bonds. The van der Waals surface area contributed by atoms with Crippen molar-refractivity contribution >= 4 is 0 Å². The van der Waals surface area contributed by atoms with Gasteiger partial charge in [-0.2, -0.15) is 0 Å². The van der Waals surface area contributed by atoms with Crippen molar-refractivity contribution in [2.24, 2.45) is 0 Å². The molecule has 0 aromatic heterocycles. The number of nitrogens with zero attached hydrogens (tertiary/aromatic N) is 3. The van der Waals surface area contributed by atoms with Gasteiger partial charge in [0.15, 0.2) is 0 Å². The van der Waals surface area contributed by atoms with Crippen LogP contribution in [-0.4, -0.2) is 15.3 Å². The quantitative estimate of drug-likeness (QED) is 0.339. The van der Waals surface area contributed by atoms with E-state index in [1.54, 1.807) is 0 Å². The largest absolute Gasteiger partial charge is 0.369 e. The van der Waals surface area contributed by atoms with Crippen molar-refractivity contribution in [3.05, 3.63) is 46.0 Å². The minimum atomic E-state index is -1.75.